The number of nitrogens with one attached hydrogen (secondary N) is 1. The van der Waals surface area contributed by atoms with Gasteiger partial charge in [0.05, 0.1) is 0 Å². The lowest BCUT2D eigenvalue weighted by atomic mass is 10.1. The third-order valence-corrected chi connectivity index (χ3v) is 4.06. The monoisotopic (exact) mass is 266 g/mol. The van der Waals surface area contributed by atoms with Gasteiger partial charge in [0.25, 0.3) is 0 Å². The van der Waals surface area contributed by atoms with Gasteiger partial charge in [-0.15, -0.1) is 0 Å². The van der Waals surface area contributed by atoms with E-state index < -0.39 is 0 Å². The first-order valence-electron chi connectivity index (χ1n) is 6.69. The van der Waals surface area contributed by atoms with Crippen molar-refractivity contribution in [2.24, 2.45) is 5.92 Å². The molecule has 0 spiro atoms. The van der Waals surface area contributed by atoms with Crippen molar-refractivity contribution >= 4 is 17.4 Å². The number of nitrogens with zero attached hydrogens (tertiary/aromatic N) is 3. The Hall–Kier alpha value is -0.870. The molecule has 2 fully saturated rings. The van der Waals surface area contributed by atoms with E-state index in [2.05, 4.69) is 20.2 Å². The second kappa shape index (κ2) is 5.02. The topological polar surface area (TPSA) is 41.1 Å². The molecule has 3 rings (SSSR count). The van der Waals surface area contributed by atoms with Crippen LogP contribution in [0.2, 0.25) is 5.28 Å². The second-order valence-corrected chi connectivity index (χ2v) is 5.77. The molecule has 4 nitrogen and oxygen atoms in total. The Labute approximate surface area is 113 Å². The van der Waals surface area contributed by atoms with E-state index in [0.29, 0.717) is 5.28 Å². The minimum absolute atomic E-state index is 0.314. The molecule has 1 atom stereocenters. The molecule has 0 radical (unpaired) electrons. The molecule has 2 aliphatic rings. The second-order valence-electron chi connectivity index (χ2n) is 5.43. The van der Waals surface area contributed by atoms with Crippen molar-refractivity contribution in [3.05, 3.63) is 17.0 Å². The number of aryl methyl sites for hydroxylation is 1. The summed E-state index contributed by atoms with van der Waals surface area (Å²) in [7, 11) is 0. The number of hydrogen-bond donors (Lipinski definition) is 1. The molecule has 1 aliphatic carbocycles. The average Bonchev–Trinajstić information content (AvgIpc) is 3.10. The average molecular weight is 267 g/mol. The molecule has 1 aromatic heterocycles. The van der Waals surface area contributed by atoms with Gasteiger partial charge < -0.3 is 10.2 Å². The molecule has 1 aliphatic heterocycles. The number of rotatable bonds is 4. The first kappa shape index (κ1) is 12.2. The van der Waals surface area contributed by atoms with E-state index in [1.54, 1.807) is 6.20 Å². The molecule has 0 bridgehead atoms. The smallest absolute Gasteiger partial charge is 0.224 e. The first-order chi connectivity index (χ1) is 8.72. The molecule has 1 saturated heterocycles. The maximum Gasteiger partial charge on any atom is 0.224 e. The third kappa shape index (κ3) is 2.75. The van der Waals surface area contributed by atoms with Crippen LogP contribution >= 0.6 is 11.6 Å². The summed E-state index contributed by atoms with van der Waals surface area (Å²) in [4.78, 5) is 10.8. The predicted octanol–water partition coefficient (Wildman–Crippen LogP) is 2.33. The van der Waals surface area contributed by atoms with Gasteiger partial charge >= 0.3 is 0 Å². The summed E-state index contributed by atoms with van der Waals surface area (Å²) < 4.78 is 0. The van der Waals surface area contributed by atoms with Gasteiger partial charge in [-0.25, -0.2) is 9.97 Å². The van der Waals surface area contributed by atoms with Crippen LogP contribution in [0, 0.1) is 12.8 Å². The van der Waals surface area contributed by atoms with E-state index in [1.165, 1.54) is 32.4 Å². The summed E-state index contributed by atoms with van der Waals surface area (Å²) in [6, 6.07) is 0.894. The van der Waals surface area contributed by atoms with Crippen LogP contribution in [0.4, 0.5) is 5.82 Å². The Morgan fingerprint density at radius 3 is 3.06 bits per heavy atom. The predicted molar refractivity (Wildman–Crippen MR) is 73.0 cm³/mol. The fraction of sp³-hybridized carbons (Fsp3) is 0.692. The maximum atomic E-state index is 5.81. The lowest BCUT2D eigenvalue weighted by Gasteiger charge is -2.15. The van der Waals surface area contributed by atoms with Crippen LogP contribution in [0.1, 0.15) is 24.8 Å². The van der Waals surface area contributed by atoms with E-state index in [9.17, 15) is 0 Å². The van der Waals surface area contributed by atoms with Gasteiger partial charge in [-0.05, 0) is 50.2 Å². The van der Waals surface area contributed by atoms with Crippen molar-refractivity contribution in [3.63, 3.8) is 0 Å². The molecule has 98 valence electrons. The van der Waals surface area contributed by atoms with Crippen molar-refractivity contribution in [2.75, 3.05) is 25.0 Å². The zero-order valence-electron chi connectivity index (χ0n) is 10.7. The quantitative estimate of drug-likeness (QED) is 0.850. The summed E-state index contributed by atoms with van der Waals surface area (Å²) >= 11 is 5.81. The number of hydrogen-bond acceptors (Lipinski definition) is 4. The zero-order valence-corrected chi connectivity index (χ0v) is 11.5. The van der Waals surface area contributed by atoms with Crippen molar-refractivity contribution < 1.29 is 0 Å². The highest BCUT2D eigenvalue weighted by atomic mass is 35.5. The van der Waals surface area contributed by atoms with Gasteiger partial charge in [-0.1, -0.05) is 0 Å². The molecule has 18 heavy (non-hydrogen) atoms. The van der Waals surface area contributed by atoms with Gasteiger partial charge in [0.15, 0.2) is 0 Å². The van der Waals surface area contributed by atoms with Crippen molar-refractivity contribution in [2.45, 2.75) is 32.2 Å². The number of aromatic nitrogens is 2. The van der Waals surface area contributed by atoms with E-state index in [-0.39, 0.29) is 0 Å². The largest absolute Gasteiger partial charge is 0.369 e. The Balaban J connectivity index is 1.53. The van der Waals surface area contributed by atoms with E-state index >= 15 is 0 Å². The molecule has 0 amide bonds. The van der Waals surface area contributed by atoms with Crippen molar-refractivity contribution in [3.8, 4) is 0 Å². The van der Waals surface area contributed by atoms with E-state index in [4.69, 9.17) is 11.6 Å². The molecule has 1 saturated carbocycles. The minimum Gasteiger partial charge on any atom is -0.369 e. The minimum atomic E-state index is 0.314. The van der Waals surface area contributed by atoms with Crippen LogP contribution in [0.15, 0.2) is 6.20 Å². The van der Waals surface area contributed by atoms with Crippen LogP contribution in [0.25, 0.3) is 0 Å². The molecule has 5 heteroatoms. The maximum absolute atomic E-state index is 5.81. The number of likely N-dealkylation sites (tertiary alicyclic amines) is 1. The lowest BCUT2D eigenvalue weighted by molar-refractivity contribution is 0.316. The molecular weight excluding hydrogens is 248 g/mol. The van der Waals surface area contributed by atoms with Gasteiger partial charge in [0, 0.05) is 30.9 Å². The van der Waals surface area contributed by atoms with E-state index in [1.807, 2.05) is 6.92 Å². The fourth-order valence-electron chi connectivity index (χ4n) is 2.64. The molecule has 2 heterocycles. The summed E-state index contributed by atoms with van der Waals surface area (Å²) in [6.45, 7) is 5.48. The Bertz CT molecular complexity index is 433. The summed E-state index contributed by atoms with van der Waals surface area (Å²) in [5, 5.41) is 3.73. The van der Waals surface area contributed by atoms with Gasteiger partial charge in [0.1, 0.15) is 5.82 Å². The van der Waals surface area contributed by atoms with Gasteiger partial charge in [-0.3, -0.25) is 0 Å². The summed E-state index contributed by atoms with van der Waals surface area (Å²) in [5.41, 5.74) is 1.05. The van der Waals surface area contributed by atoms with Crippen molar-refractivity contribution in [1.29, 1.82) is 0 Å². The fourth-order valence-corrected chi connectivity index (χ4v) is 2.77. The van der Waals surface area contributed by atoms with E-state index in [0.717, 1.165) is 29.9 Å². The Kier molecular flexibility index (Phi) is 3.39. The third-order valence-electron chi connectivity index (χ3n) is 3.88. The van der Waals surface area contributed by atoms with Crippen LogP contribution in [0.3, 0.4) is 0 Å². The lowest BCUT2D eigenvalue weighted by Crippen LogP contribution is -2.25. The summed E-state index contributed by atoms with van der Waals surface area (Å²) in [5.74, 6) is 1.61. The molecule has 1 N–H and O–H groups in total. The first-order valence-corrected chi connectivity index (χ1v) is 7.07. The SMILES string of the molecule is Cc1cnc(Cl)nc1NCC1CCN(C2CC2)C1. The van der Waals surface area contributed by atoms with Gasteiger partial charge in [-0.2, -0.15) is 0 Å². The van der Waals surface area contributed by atoms with Gasteiger partial charge in [0.2, 0.25) is 5.28 Å². The normalized spacial score (nSPS) is 24.4. The van der Waals surface area contributed by atoms with Crippen LogP contribution in [-0.4, -0.2) is 40.5 Å². The van der Waals surface area contributed by atoms with Crippen LogP contribution in [-0.2, 0) is 0 Å². The highest BCUT2D eigenvalue weighted by molar-refractivity contribution is 6.28. The highest BCUT2D eigenvalue weighted by Gasteiger charge is 2.34. The summed E-state index contributed by atoms with van der Waals surface area (Å²) in [6.07, 6.45) is 5.87. The number of halogens is 1. The standard InChI is InChI=1S/C13H19ClN4/c1-9-6-16-13(14)17-12(9)15-7-10-4-5-18(8-10)11-2-3-11/h6,10-11H,2-5,7-8H2,1H3,(H,15,16,17). The molecule has 1 unspecified atom stereocenters. The van der Waals surface area contributed by atoms with Crippen LogP contribution in [0.5, 0.6) is 0 Å². The number of anilines is 1. The Morgan fingerprint density at radius 2 is 2.28 bits per heavy atom. The van der Waals surface area contributed by atoms with Crippen molar-refractivity contribution in [1.82, 2.24) is 14.9 Å². The molecule has 1 aromatic rings. The highest BCUT2D eigenvalue weighted by Crippen LogP contribution is 2.31. The molecular formula is C13H19ClN4. The zero-order chi connectivity index (χ0) is 12.5. The van der Waals surface area contributed by atoms with Crippen LogP contribution < -0.4 is 5.32 Å². The molecule has 0 aromatic carbocycles. The Morgan fingerprint density at radius 1 is 1.44 bits per heavy atom.